The Morgan fingerprint density at radius 1 is 1.16 bits per heavy atom. The first-order valence-electron chi connectivity index (χ1n) is 8.10. The van der Waals surface area contributed by atoms with Gasteiger partial charge in [-0.05, 0) is 48.4 Å². The number of unbranched alkanes of at least 4 members (excludes halogenated alkanes) is 1. The Hall–Kier alpha value is -2.59. The maximum absolute atomic E-state index is 12.0. The standard InChI is InChI=1S/C20H20ClNO3/c1-2-3-13-25-20(24)16-5-4-6-18(14-16)22-19(23)12-9-15-7-10-17(21)11-8-15/h4-12,14H,2-3,13H2,1H3,(H,22,23). The molecule has 4 nitrogen and oxygen atoms in total. The summed E-state index contributed by atoms with van der Waals surface area (Å²) in [6.07, 6.45) is 4.91. The Morgan fingerprint density at radius 3 is 2.64 bits per heavy atom. The molecule has 0 radical (unpaired) electrons. The first kappa shape index (κ1) is 18.7. The summed E-state index contributed by atoms with van der Waals surface area (Å²) in [5.41, 5.74) is 1.82. The average Bonchev–Trinajstić information content (AvgIpc) is 2.61. The lowest BCUT2D eigenvalue weighted by Gasteiger charge is -2.06. The van der Waals surface area contributed by atoms with Crippen LogP contribution in [0.4, 0.5) is 5.69 Å². The molecule has 0 aliphatic rings. The van der Waals surface area contributed by atoms with Crippen LogP contribution >= 0.6 is 11.6 Å². The van der Waals surface area contributed by atoms with E-state index in [-0.39, 0.29) is 11.9 Å². The van der Waals surface area contributed by atoms with Crippen LogP contribution in [-0.4, -0.2) is 18.5 Å². The number of carbonyl (C=O) groups is 2. The molecule has 2 rings (SSSR count). The van der Waals surface area contributed by atoms with E-state index in [1.165, 1.54) is 6.08 Å². The van der Waals surface area contributed by atoms with Crippen molar-refractivity contribution in [3.8, 4) is 0 Å². The maximum atomic E-state index is 12.0. The second-order valence-corrected chi connectivity index (χ2v) is 5.88. The van der Waals surface area contributed by atoms with Gasteiger partial charge in [-0.1, -0.05) is 43.1 Å². The SMILES string of the molecule is CCCCOC(=O)c1cccc(NC(=O)C=Cc2ccc(Cl)cc2)c1. The first-order valence-corrected chi connectivity index (χ1v) is 8.48. The Labute approximate surface area is 152 Å². The van der Waals surface area contributed by atoms with E-state index < -0.39 is 0 Å². The number of esters is 1. The largest absolute Gasteiger partial charge is 0.462 e. The summed E-state index contributed by atoms with van der Waals surface area (Å²) in [6, 6.07) is 13.8. The summed E-state index contributed by atoms with van der Waals surface area (Å²) >= 11 is 5.82. The van der Waals surface area contributed by atoms with Gasteiger partial charge in [0.05, 0.1) is 12.2 Å². The number of halogens is 1. The minimum absolute atomic E-state index is 0.286. The molecule has 0 unspecified atom stereocenters. The number of carbonyl (C=O) groups excluding carboxylic acids is 2. The highest BCUT2D eigenvalue weighted by Crippen LogP contribution is 2.13. The Bertz CT molecular complexity index is 754. The Morgan fingerprint density at radius 2 is 1.92 bits per heavy atom. The Kier molecular flexibility index (Phi) is 7.23. The van der Waals surface area contributed by atoms with Crippen LogP contribution < -0.4 is 5.32 Å². The molecule has 1 amide bonds. The van der Waals surface area contributed by atoms with Crippen LogP contribution in [0, 0.1) is 0 Å². The van der Waals surface area contributed by atoms with E-state index in [0.29, 0.717) is 22.9 Å². The average molecular weight is 358 g/mol. The highest BCUT2D eigenvalue weighted by Gasteiger charge is 2.08. The van der Waals surface area contributed by atoms with E-state index in [4.69, 9.17) is 16.3 Å². The summed E-state index contributed by atoms with van der Waals surface area (Å²) in [5.74, 6) is -0.673. The van der Waals surface area contributed by atoms with Gasteiger partial charge in [-0.2, -0.15) is 0 Å². The number of benzene rings is 2. The van der Waals surface area contributed by atoms with Crippen LogP contribution in [0.15, 0.2) is 54.6 Å². The topological polar surface area (TPSA) is 55.4 Å². The van der Waals surface area contributed by atoms with Crippen molar-refractivity contribution in [1.29, 1.82) is 0 Å². The molecular formula is C20H20ClNO3. The van der Waals surface area contributed by atoms with Crippen molar-refractivity contribution in [2.75, 3.05) is 11.9 Å². The molecule has 0 saturated carbocycles. The van der Waals surface area contributed by atoms with E-state index >= 15 is 0 Å². The van der Waals surface area contributed by atoms with Crippen molar-refractivity contribution in [2.24, 2.45) is 0 Å². The van der Waals surface area contributed by atoms with Crippen molar-refractivity contribution in [3.05, 3.63) is 70.8 Å². The summed E-state index contributed by atoms with van der Waals surface area (Å²) in [5, 5.41) is 3.37. The second-order valence-electron chi connectivity index (χ2n) is 5.44. The summed E-state index contributed by atoms with van der Waals surface area (Å²) < 4.78 is 5.17. The van der Waals surface area contributed by atoms with Gasteiger partial charge in [0.1, 0.15) is 0 Å². The van der Waals surface area contributed by atoms with Crippen molar-refractivity contribution in [3.63, 3.8) is 0 Å². The zero-order valence-electron chi connectivity index (χ0n) is 14.0. The molecule has 25 heavy (non-hydrogen) atoms. The number of amides is 1. The number of anilines is 1. The van der Waals surface area contributed by atoms with E-state index in [1.54, 1.807) is 42.5 Å². The molecule has 0 saturated heterocycles. The smallest absolute Gasteiger partial charge is 0.338 e. The fourth-order valence-electron chi connectivity index (χ4n) is 2.05. The third kappa shape index (κ3) is 6.43. The number of hydrogen-bond acceptors (Lipinski definition) is 3. The molecule has 2 aromatic rings. The molecule has 0 atom stereocenters. The molecule has 0 fully saturated rings. The summed E-state index contributed by atoms with van der Waals surface area (Å²) in [6.45, 7) is 2.43. The summed E-state index contributed by atoms with van der Waals surface area (Å²) in [4.78, 5) is 23.9. The minimum Gasteiger partial charge on any atom is -0.462 e. The lowest BCUT2D eigenvalue weighted by atomic mass is 10.2. The van der Waals surface area contributed by atoms with Gasteiger partial charge in [-0.25, -0.2) is 4.79 Å². The fourth-order valence-corrected chi connectivity index (χ4v) is 2.17. The van der Waals surface area contributed by atoms with Gasteiger partial charge in [0.15, 0.2) is 0 Å². The third-order valence-electron chi connectivity index (χ3n) is 3.39. The van der Waals surface area contributed by atoms with Crippen molar-refractivity contribution in [1.82, 2.24) is 0 Å². The van der Waals surface area contributed by atoms with Crippen LogP contribution in [-0.2, 0) is 9.53 Å². The highest BCUT2D eigenvalue weighted by molar-refractivity contribution is 6.30. The zero-order valence-corrected chi connectivity index (χ0v) is 14.8. The van der Waals surface area contributed by atoms with Crippen LogP contribution in [0.1, 0.15) is 35.7 Å². The summed E-state index contributed by atoms with van der Waals surface area (Å²) in [7, 11) is 0. The molecule has 2 aromatic carbocycles. The molecule has 0 bridgehead atoms. The number of hydrogen-bond donors (Lipinski definition) is 1. The zero-order chi connectivity index (χ0) is 18.1. The minimum atomic E-state index is -0.388. The van der Waals surface area contributed by atoms with Gasteiger partial charge >= 0.3 is 5.97 Å². The van der Waals surface area contributed by atoms with Crippen molar-refractivity contribution < 1.29 is 14.3 Å². The predicted molar refractivity (Wildman–Crippen MR) is 101 cm³/mol. The van der Waals surface area contributed by atoms with Crippen LogP contribution in [0.3, 0.4) is 0 Å². The molecule has 130 valence electrons. The molecule has 0 aromatic heterocycles. The number of ether oxygens (including phenoxy) is 1. The van der Waals surface area contributed by atoms with Gasteiger partial charge in [-0.3, -0.25) is 4.79 Å². The van der Waals surface area contributed by atoms with E-state index in [0.717, 1.165) is 18.4 Å². The quantitative estimate of drug-likeness (QED) is 0.433. The van der Waals surface area contributed by atoms with Gasteiger partial charge in [0.25, 0.3) is 0 Å². The van der Waals surface area contributed by atoms with Gasteiger partial charge in [0.2, 0.25) is 5.91 Å². The molecule has 1 N–H and O–H groups in total. The van der Waals surface area contributed by atoms with E-state index in [2.05, 4.69) is 5.32 Å². The lowest BCUT2D eigenvalue weighted by Crippen LogP contribution is -2.10. The fraction of sp³-hybridized carbons (Fsp3) is 0.200. The van der Waals surface area contributed by atoms with Gasteiger partial charge in [-0.15, -0.1) is 0 Å². The number of rotatable bonds is 7. The van der Waals surface area contributed by atoms with Gasteiger partial charge in [0, 0.05) is 16.8 Å². The maximum Gasteiger partial charge on any atom is 0.338 e. The highest BCUT2D eigenvalue weighted by atomic mass is 35.5. The van der Waals surface area contributed by atoms with Crippen LogP contribution in [0.25, 0.3) is 6.08 Å². The second kappa shape index (κ2) is 9.64. The molecular weight excluding hydrogens is 338 g/mol. The van der Waals surface area contributed by atoms with Crippen LogP contribution in [0.2, 0.25) is 5.02 Å². The molecule has 0 aliphatic carbocycles. The monoisotopic (exact) mass is 357 g/mol. The van der Waals surface area contributed by atoms with E-state index in [1.807, 2.05) is 19.1 Å². The molecule has 0 aliphatic heterocycles. The molecule has 5 heteroatoms. The normalized spacial score (nSPS) is 10.6. The first-order chi connectivity index (χ1) is 12.1. The Balaban J connectivity index is 1.95. The third-order valence-corrected chi connectivity index (χ3v) is 3.65. The number of nitrogens with one attached hydrogen (secondary N) is 1. The van der Waals surface area contributed by atoms with Crippen molar-refractivity contribution >= 4 is 35.2 Å². The van der Waals surface area contributed by atoms with Crippen molar-refractivity contribution in [2.45, 2.75) is 19.8 Å². The molecule has 0 spiro atoms. The lowest BCUT2D eigenvalue weighted by molar-refractivity contribution is -0.111. The molecule has 0 heterocycles. The van der Waals surface area contributed by atoms with Gasteiger partial charge < -0.3 is 10.1 Å². The van der Waals surface area contributed by atoms with Crippen LogP contribution in [0.5, 0.6) is 0 Å². The van der Waals surface area contributed by atoms with E-state index in [9.17, 15) is 9.59 Å². The predicted octanol–water partition coefficient (Wildman–Crippen LogP) is 4.95.